The van der Waals surface area contributed by atoms with Crippen molar-refractivity contribution < 1.29 is 18.7 Å². The molecule has 1 aromatic heterocycles. The van der Waals surface area contributed by atoms with Crippen LogP contribution in [0.15, 0.2) is 30.6 Å². The average molecular weight is 444 g/mol. The molecule has 1 aliphatic heterocycles. The predicted octanol–water partition coefficient (Wildman–Crippen LogP) is 3.44. The molecular formula is C23H30FN5O3. The van der Waals surface area contributed by atoms with Crippen molar-refractivity contribution in [3.63, 3.8) is 0 Å². The van der Waals surface area contributed by atoms with E-state index in [0.29, 0.717) is 32.2 Å². The SMILES string of the molecule is CCNC(=O)N[C@@H](C)c1ccc(OC2CCN(c3ncnc(OCC4CC4)c3F)C2)cc1. The van der Waals surface area contributed by atoms with Gasteiger partial charge in [-0.2, -0.15) is 9.37 Å². The number of nitrogens with zero attached hydrogens (tertiary/aromatic N) is 3. The van der Waals surface area contributed by atoms with Crippen LogP contribution in [-0.2, 0) is 0 Å². The van der Waals surface area contributed by atoms with E-state index in [1.807, 2.05) is 43.0 Å². The minimum atomic E-state index is -0.508. The van der Waals surface area contributed by atoms with Gasteiger partial charge in [0.05, 0.1) is 19.2 Å². The highest BCUT2D eigenvalue weighted by Gasteiger charge is 2.29. The maximum absolute atomic E-state index is 14.8. The number of halogens is 1. The molecule has 1 aliphatic carbocycles. The van der Waals surface area contributed by atoms with Gasteiger partial charge in [0, 0.05) is 19.5 Å². The Bertz CT molecular complexity index is 922. The quantitative estimate of drug-likeness (QED) is 0.617. The van der Waals surface area contributed by atoms with Gasteiger partial charge in [0.25, 0.3) is 5.88 Å². The molecule has 2 amide bonds. The highest BCUT2D eigenvalue weighted by molar-refractivity contribution is 5.74. The maximum atomic E-state index is 14.8. The zero-order valence-corrected chi connectivity index (χ0v) is 18.5. The first kappa shape index (κ1) is 22.1. The molecule has 2 heterocycles. The van der Waals surface area contributed by atoms with E-state index in [2.05, 4.69) is 20.6 Å². The number of hydrogen-bond donors (Lipinski definition) is 2. The Morgan fingerprint density at radius 2 is 2.03 bits per heavy atom. The van der Waals surface area contributed by atoms with Crippen LogP contribution in [-0.4, -0.2) is 48.3 Å². The zero-order valence-electron chi connectivity index (χ0n) is 18.5. The van der Waals surface area contributed by atoms with Gasteiger partial charge in [0.2, 0.25) is 5.82 Å². The number of carbonyl (C=O) groups is 1. The summed E-state index contributed by atoms with van der Waals surface area (Å²) in [5.74, 6) is 1.04. The molecule has 1 saturated carbocycles. The molecule has 2 aliphatic rings. The largest absolute Gasteiger partial charge is 0.489 e. The smallest absolute Gasteiger partial charge is 0.315 e. The van der Waals surface area contributed by atoms with E-state index in [4.69, 9.17) is 9.47 Å². The van der Waals surface area contributed by atoms with Gasteiger partial charge in [-0.25, -0.2) is 9.78 Å². The predicted molar refractivity (Wildman–Crippen MR) is 119 cm³/mol. The van der Waals surface area contributed by atoms with Gasteiger partial charge in [-0.1, -0.05) is 12.1 Å². The van der Waals surface area contributed by atoms with Crippen molar-refractivity contribution in [3.05, 3.63) is 42.0 Å². The molecule has 2 atom stereocenters. The van der Waals surface area contributed by atoms with E-state index in [0.717, 1.165) is 30.6 Å². The number of aromatic nitrogens is 2. The van der Waals surface area contributed by atoms with Crippen molar-refractivity contribution in [1.82, 2.24) is 20.6 Å². The second kappa shape index (κ2) is 10.0. The van der Waals surface area contributed by atoms with Crippen molar-refractivity contribution in [3.8, 4) is 11.6 Å². The second-order valence-electron chi connectivity index (χ2n) is 8.34. The summed E-state index contributed by atoms with van der Waals surface area (Å²) in [6, 6.07) is 7.35. The topological polar surface area (TPSA) is 88.6 Å². The molecule has 1 unspecified atom stereocenters. The highest BCUT2D eigenvalue weighted by Crippen LogP contribution is 2.31. The van der Waals surface area contributed by atoms with Crippen LogP contribution in [0, 0.1) is 11.7 Å². The summed E-state index contributed by atoms with van der Waals surface area (Å²) in [5, 5.41) is 5.61. The lowest BCUT2D eigenvalue weighted by atomic mass is 10.1. The average Bonchev–Trinajstić information content (AvgIpc) is 3.50. The summed E-state index contributed by atoms with van der Waals surface area (Å²) in [6.45, 7) is 6.07. The number of rotatable bonds is 9. The van der Waals surface area contributed by atoms with Crippen LogP contribution < -0.4 is 25.0 Å². The van der Waals surface area contributed by atoms with Gasteiger partial charge in [0.1, 0.15) is 18.2 Å². The molecule has 2 N–H and O–H groups in total. The fourth-order valence-corrected chi connectivity index (χ4v) is 3.68. The number of amides is 2. The van der Waals surface area contributed by atoms with Crippen LogP contribution >= 0.6 is 0 Å². The summed E-state index contributed by atoms with van der Waals surface area (Å²) in [4.78, 5) is 21.7. The van der Waals surface area contributed by atoms with Crippen LogP contribution in [0.1, 0.15) is 44.7 Å². The molecule has 2 fully saturated rings. The second-order valence-corrected chi connectivity index (χ2v) is 8.34. The molecule has 0 spiro atoms. The number of nitrogens with one attached hydrogen (secondary N) is 2. The summed E-state index contributed by atoms with van der Waals surface area (Å²) in [6.07, 6.45) is 4.31. The maximum Gasteiger partial charge on any atom is 0.315 e. The normalized spacial score (nSPS) is 18.8. The first-order valence-corrected chi connectivity index (χ1v) is 11.2. The first-order valence-electron chi connectivity index (χ1n) is 11.2. The molecule has 0 bridgehead atoms. The Hall–Kier alpha value is -3.10. The van der Waals surface area contributed by atoms with Crippen LogP contribution in [0.5, 0.6) is 11.6 Å². The van der Waals surface area contributed by atoms with Crippen molar-refractivity contribution >= 4 is 11.8 Å². The Labute approximate surface area is 187 Å². The number of urea groups is 1. The van der Waals surface area contributed by atoms with E-state index >= 15 is 0 Å². The van der Waals surface area contributed by atoms with Crippen LogP contribution in [0.25, 0.3) is 0 Å². The molecule has 172 valence electrons. The molecule has 2 aromatic rings. The lowest BCUT2D eigenvalue weighted by Gasteiger charge is -2.19. The Morgan fingerprint density at radius 1 is 1.25 bits per heavy atom. The third-order valence-corrected chi connectivity index (χ3v) is 5.70. The summed E-state index contributed by atoms with van der Waals surface area (Å²) in [5.41, 5.74) is 0.985. The molecule has 4 rings (SSSR count). The van der Waals surface area contributed by atoms with Crippen molar-refractivity contribution in [2.45, 2.75) is 45.3 Å². The minimum Gasteiger partial charge on any atom is -0.489 e. The Kier molecular flexibility index (Phi) is 6.92. The Morgan fingerprint density at radius 3 is 2.75 bits per heavy atom. The third kappa shape index (κ3) is 5.57. The van der Waals surface area contributed by atoms with E-state index in [1.54, 1.807) is 0 Å². The standard InChI is InChI=1S/C23H30FN5O3/c1-3-25-23(30)28-15(2)17-6-8-18(9-7-17)32-19-10-11-29(12-19)21-20(24)22(27-14-26-21)31-13-16-4-5-16/h6-9,14-16,19H,3-5,10-13H2,1-2H3,(H2,25,28,30)/t15-,19?/m0/s1. The summed E-state index contributed by atoms with van der Waals surface area (Å²) in [7, 11) is 0. The first-order chi connectivity index (χ1) is 15.5. The molecule has 1 aromatic carbocycles. The number of carbonyl (C=O) groups excluding carboxylic acids is 1. The lowest BCUT2D eigenvalue weighted by Crippen LogP contribution is -2.36. The van der Waals surface area contributed by atoms with Crippen molar-refractivity contribution in [2.24, 2.45) is 5.92 Å². The van der Waals surface area contributed by atoms with Crippen molar-refractivity contribution in [2.75, 3.05) is 31.1 Å². The molecule has 0 radical (unpaired) electrons. The van der Waals surface area contributed by atoms with E-state index in [9.17, 15) is 9.18 Å². The van der Waals surface area contributed by atoms with Gasteiger partial charge >= 0.3 is 6.03 Å². The number of ether oxygens (including phenoxy) is 2. The minimum absolute atomic E-state index is 0.0252. The van der Waals surface area contributed by atoms with E-state index in [1.165, 1.54) is 6.33 Å². The van der Waals surface area contributed by atoms with Gasteiger partial charge in [-0.05, 0) is 50.3 Å². The van der Waals surface area contributed by atoms with Crippen LogP contribution in [0.4, 0.5) is 15.0 Å². The Balaban J connectivity index is 1.31. The summed E-state index contributed by atoms with van der Waals surface area (Å²) < 4.78 is 26.5. The summed E-state index contributed by atoms with van der Waals surface area (Å²) >= 11 is 0. The van der Waals surface area contributed by atoms with Gasteiger partial charge in [-0.3, -0.25) is 0 Å². The molecule has 9 heteroatoms. The van der Waals surface area contributed by atoms with Crippen LogP contribution in [0.3, 0.4) is 0 Å². The van der Waals surface area contributed by atoms with E-state index in [-0.39, 0.29) is 29.9 Å². The monoisotopic (exact) mass is 443 g/mol. The lowest BCUT2D eigenvalue weighted by molar-refractivity contribution is 0.224. The molecular weight excluding hydrogens is 413 g/mol. The fraction of sp³-hybridized carbons (Fsp3) is 0.522. The molecule has 1 saturated heterocycles. The van der Waals surface area contributed by atoms with E-state index < -0.39 is 5.82 Å². The zero-order chi connectivity index (χ0) is 22.5. The van der Waals surface area contributed by atoms with Gasteiger partial charge < -0.3 is 25.0 Å². The molecule has 32 heavy (non-hydrogen) atoms. The number of benzene rings is 1. The number of hydrogen-bond acceptors (Lipinski definition) is 6. The van der Waals surface area contributed by atoms with Gasteiger partial charge in [0.15, 0.2) is 5.82 Å². The van der Waals surface area contributed by atoms with Crippen molar-refractivity contribution in [1.29, 1.82) is 0 Å². The number of anilines is 1. The fourth-order valence-electron chi connectivity index (χ4n) is 3.68. The van der Waals surface area contributed by atoms with Gasteiger partial charge in [-0.15, -0.1) is 0 Å². The third-order valence-electron chi connectivity index (χ3n) is 5.70. The molecule has 8 nitrogen and oxygen atoms in total. The highest BCUT2D eigenvalue weighted by atomic mass is 19.1. The van der Waals surface area contributed by atoms with Crippen LogP contribution in [0.2, 0.25) is 0 Å².